The molecule has 0 aliphatic rings. The first-order valence-corrected chi connectivity index (χ1v) is 7.02. The third-order valence-corrected chi connectivity index (χ3v) is 3.18. The average molecular weight is 341 g/mol. The number of hydrogen-bond donors (Lipinski definition) is 2. The van der Waals surface area contributed by atoms with E-state index < -0.39 is 23.4 Å². The van der Waals surface area contributed by atoms with Gasteiger partial charge in [0.15, 0.2) is 5.69 Å². The third kappa shape index (κ3) is 3.55. The van der Waals surface area contributed by atoms with Gasteiger partial charge in [0.05, 0.1) is 11.9 Å². The van der Waals surface area contributed by atoms with Gasteiger partial charge in [-0.05, 0) is 30.7 Å². The van der Waals surface area contributed by atoms with Gasteiger partial charge in [-0.1, -0.05) is 6.92 Å². The van der Waals surface area contributed by atoms with Crippen molar-refractivity contribution in [2.24, 2.45) is 0 Å². The minimum atomic E-state index is -4.89. The molecular weight excluding hydrogens is 327 g/mol. The van der Waals surface area contributed by atoms with Crippen LogP contribution < -0.4 is 5.32 Å². The molecule has 0 spiro atoms. The molecule has 1 aromatic carbocycles. The van der Waals surface area contributed by atoms with Crippen LogP contribution >= 0.6 is 0 Å². The van der Waals surface area contributed by atoms with Crippen molar-refractivity contribution in [3.8, 4) is 5.69 Å². The van der Waals surface area contributed by atoms with E-state index in [9.17, 15) is 22.8 Å². The number of amides is 1. The summed E-state index contributed by atoms with van der Waals surface area (Å²) in [6.07, 6.45) is -3.49. The number of rotatable bonds is 5. The number of hydrogen-bond acceptors (Lipinski definition) is 3. The first-order valence-electron chi connectivity index (χ1n) is 7.02. The van der Waals surface area contributed by atoms with Gasteiger partial charge in [0.1, 0.15) is 5.56 Å². The van der Waals surface area contributed by atoms with Crippen molar-refractivity contribution in [2.75, 3.05) is 6.54 Å². The number of nitrogens with one attached hydrogen (secondary N) is 1. The van der Waals surface area contributed by atoms with Crippen LogP contribution in [0.1, 0.15) is 39.8 Å². The van der Waals surface area contributed by atoms with E-state index in [-0.39, 0.29) is 17.2 Å². The molecule has 0 bridgehead atoms. The zero-order chi connectivity index (χ0) is 17.9. The van der Waals surface area contributed by atoms with Crippen molar-refractivity contribution in [1.29, 1.82) is 0 Å². The normalized spacial score (nSPS) is 11.3. The second kappa shape index (κ2) is 6.73. The zero-order valence-corrected chi connectivity index (χ0v) is 12.6. The minimum absolute atomic E-state index is 0.00173. The van der Waals surface area contributed by atoms with Gasteiger partial charge in [-0.2, -0.15) is 18.3 Å². The molecule has 0 saturated carbocycles. The van der Waals surface area contributed by atoms with Crippen LogP contribution in [0.4, 0.5) is 13.2 Å². The SMILES string of the molecule is CCCNC(=O)c1ccc(-n2ncc(C(=O)O)c2C(F)(F)F)cc1. The number of carbonyl (C=O) groups is 2. The molecule has 0 atom stereocenters. The number of aromatic carboxylic acids is 1. The van der Waals surface area contributed by atoms with Crippen LogP contribution in [0.15, 0.2) is 30.5 Å². The predicted octanol–water partition coefficient (Wildman–Crippen LogP) is 2.73. The van der Waals surface area contributed by atoms with E-state index in [0.717, 1.165) is 6.42 Å². The highest BCUT2D eigenvalue weighted by molar-refractivity contribution is 5.94. The van der Waals surface area contributed by atoms with Crippen LogP contribution in [0.5, 0.6) is 0 Å². The second-order valence-electron chi connectivity index (χ2n) is 4.92. The highest BCUT2D eigenvalue weighted by atomic mass is 19.4. The molecule has 24 heavy (non-hydrogen) atoms. The molecule has 2 N–H and O–H groups in total. The maximum atomic E-state index is 13.1. The van der Waals surface area contributed by atoms with E-state index in [2.05, 4.69) is 10.4 Å². The summed E-state index contributed by atoms with van der Waals surface area (Å²) in [5.74, 6) is -2.06. The fourth-order valence-electron chi connectivity index (χ4n) is 2.07. The van der Waals surface area contributed by atoms with Crippen molar-refractivity contribution < 1.29 is 27.9 Å². The number of aromatic nitrogens is 2. The smallest absolute Gasteiger partial charge is 0.434 e. The molecule has 0 aliphatic carbocycles. The van der Waals surface area contributed by atoms with Crippen LogP contribution in [0, 0.1) is 0 Å². The monoisotopic (exact) mass is 341 g/mol. The van der Waals surface area contributed by atoms with Gasteiger partial charge in [0, 0.05) is 12.1 Å². The molecule has 0 aliphatic heterocycles. The molecule has 1 aromatic heterocycles. The summed E-state index contributed by atoms with van der Waals surface area (Å²) < 4.78 is 39.9. The molecule has 1 amide bonds. The van der Waals surface area contributed by atoms with E-state index in [1.54, 1.807) is 0 Å². The quantitative estimate of drug-likeness (QED) is 0.876. The molecule has 128 valence electrons. The Bertz CT molecular complexity index is 752. The van der Waals surface area contributed by atoms with E-state index >= 15 is 0 Å². The first-order chi connectivity index (χ1) is 11.3. The van der Waals surface area contributed by atoms with Crippen LogP contribution in [-0.2, 0) is 6.18 Å². The van der Waals surface area contributed by atoms with Gasteiger partial charge in [-0.3, -0.25) is 4.79 Å². The molecule has 1 heterocycles. The summed E-state index contributed by atoms with van der Waals surface area (Å²) in [5.41, 5.74) is -2.03. The van der Waals surface area contributed by atoms with E-state index in [0.29, 0.717) is 17.4 Å². The molecule has 0 radical (unpaired) electrons. The molecule has 2 aromatic rings. The Kier molecular flexibility index (Phi) is 4.91. The highest BCUT2D eigenvalue weighted by Crippen LogP contribution is 2.33. The van der Waals surface area contributed by atoms with Crippen molar-refractivity contribution in [3.63, 3.8) is 0 Å². The Morgan fingerprint density at radius 3 is 2.38 bits per heavy atom. The lowest BCUT2D eigenvalue weighted by molar-refractivity contribution is -0.143. The number of nitrogens with zero attached hydrogens (tertiary/aromatic N) is 2. The van der Waals surface area contributed by atoms with E-state index in [4.69, 9.17) is 5.11 Å². The summed E-state index contributed by atoms with van der Waals surface area (Å²) in [7, 11) is 0. The Morgan fingerprint density at radius 1 is 1.25 bits per heavy atom. The topological polar surface area (TPSA) is 84.2 Å². The Morgan fingerprint density at radius 2 is 1.88 bits per heavy atom. The zero-order valence-electron chi connectivity index (χ0n) is 12.6. The fourth-order valence-corrected chi connectivity index (χ4v) is 2.07. The van der Waals surface area contributed by atoms with E-state index in [1.807, 2.05) is 6.92 Å². The minimum Gasteiger partial charge on any atom is -0.478 e. The van der Waals surface area contributed by atoms with Crippen LogP contribution in [0.2, 0.25) is 0 Å². The Labute approximate surface area is 134 Å². The number of halogens is 3. The number of carbonyl (C=O) groups excluding carboxylic acids is 1. The lowest BCUT2D eigenvalue weighted by atomic mass is 10.2. The van der Waals surface area contributed by atoms with Gasteiger partial charge in [0.2, 0.25) is 0 Å². The number of alkyl halides is 3. The van der Waals surface area contributed by atoms with Crippen molar-refractivity contribution in [2.45, 2.75) is 19.5 Å². The Hall–Kier alpha value is -2.84. The summed E-state index contributed by atoms with van der Waals surface area (Å²) in [4.78, 5) is 22.7. The molecule has 9 heteroatoms. The lowest BCUT2D eigenvalue weighted by Crippen LogP contribution is -2.24. The van der Waals surface area contributed by atoms with Gasteiger partial charge < -0.3 is 10.4 Å². The summed E-state index contributed by atoms with van der Waals surface area (Å²) in [6.45, 7) is 2.37. The van der Waals surface area contributed by atoms with Crippen molar-refractivity contribution >= 4 is 11.9 Å². The molecule has 0 unspecified atom stereocenters. The van der Waals surface area contributed by atoms with Gasteiger partial charge in [-0.25, -0.2) is 9.48 Å². The second-order valence-corrected chi connectivity index (χ2v) is 4.92. The van der Waals surface area contributed by atoms with Crippen LogP contribution in [-0.4, -0.2) is 33.3 Å². The largest absolute Gasteiger partial charge is 0.478 e. The van der Waals surface area contributed by atoms with Crippen molar-refractivity contribution in [1.82, 2.24) is 15.1 Å². The number of benzene rings is 1. The Balaban J connectivity index is 2.39. The van der Waals surface area contributed by atoms with Crippen LogP contribution in [0.25, 0.3) is 5.69 Å². The number of carboxylic acid groups (broad SMARTS) is 1. The van der Waals surface area contributed by atoms with E-state index in [1.165, 1.54) is 24.3 Å². The molecule has 2 rings (SSSR count). The van der Waals surface area contributed by atoms with Gasteiger partial charge in [-0.15, -0.1) is 0 Å². The fraction of sp³-hybridized carbons (Fsp3) is 0.267. The summed E-state index contributed by atoms with van der Waals surface area (Å²) in [6, 6.07) is 5.24. The molecule has 6 nitrogen and oxygen atoms in total. The molecule has 0 fully saturated rings. The van der Waals surface area contributed by atoms with Crippen LogP contribution in [0.3, 0.4) is 0 Å². The number of carboxylic acids is 1. The molecule has 0 saturated heterocycles. The van der Waals surface area contributed by atoms with Crippen molar-refractivity contribution in [3.05, 3.63) is 47.3 Å². The predicted molar refractivity (Wildman–Crippen MR) is 78.1 cm³/mol. The summed E-state index contributed by atoms with van der Waals surface area (Å²) >= 11 is 0. The molecular formula is C15H14F3N3O3. The van der Waals surface area contributed by atoms with Gasteiger partial charge >= 0.3 is 12.1 Å². The van der Waals surface area contributed by atoms with Gasteiger partial charge in [0.25, 0.3) is 5.91 Å². The third-order valence-electron chi connectivity index (χ3n) is 3.18. The average Bonchev–Trinajstić information content (AvgIpc) is 2.98. The lowest BCUT2D eigenvalue weighted by Gasteiger charge is -2.12. The highest BCUT2D eigenvalue weighted by Gasteiger charge is 2.40. The standard InChI is InChI=1S/C15H14F3N3O3/c1-2-7-19-13(22)9-3-5-10(6-4-9)21-12(15(16,17)18)11(8-20-21)14(23)24/h3-6,8H,2,7H2,1H3,(H,19,22)(H,23,24). The summed E-state index contributed by atoms with van der Waals surface area (Å²) in [5, 5.41) is 15.0. The maximum Gasteiger partial charge on any atom is 0.434 e. The first kappa shape index (κ1) is 17.5. The maximum absolute atomic E-state index is 13.1.